The first-order valence-corrected chi connectivity index (χ1v) is 8.38. The minimum Gasteiger partial charge on any atom is -0.312 e. The monoisotopic (exact) mass is 280 g/mol. The Balaban J connectivity index is 1.97. The second kappa shape index (κ2) is 6.38. The van der Waals surface area contributed by atoms with Crippen LogP contribution in [0.2, 0.25) is 0 Å². The summed E-state index contributed by atoms with van der Waals surface area (Å²) < 4.78 is 0. The van der Waals surface area contributed by atoms with Crippen LogP contribution in [0.4, 0.5) is 0 Å². The molecule has 0 unspecified atom stereocenters. The van der Waals surface area contributed by atoms with Crippen LogP contribution >= 0.6 is 11.3 Å². The molecule has 19 heavy (non-hydrogen) atoms. The summed E-state index contributed by atoms with van der Waals surface area (Å²) in [5.74, 6) is 0. The van der Waals surface area contributed by atoms with Gasteiger partial charge in [-0.2, -0.15) is 0 Å². The molecule has 0 radical (unpaired) electrons. The van der Waals surface area contributed by atoms with Gasteiger partial charge in [-0.25, -0.2) is 0 Å². The van der Waals surface area contributed by atoms with Gasteiger partial charge in [0.05, 0.1) is 0 Å². The Morgan fingerprint density at radius 3 is 2.84 bits per heavy atom. The van der Waals surface area contributed by atoms with Crippen molar-refractivity contribution in [3.8, 4) is 0 Å². The van der Waals surface area contributed by atoms with E-state index >= 15 is 0 Å². The Morgan fingerprint density at radius 2 is 2.21 bits per heavy atom. The Hall–Kier alpha value is -0.380. The smallest absolute Gasteiger partial charge is 0.0299 e. The summed E-state index contributed by atoms with van der Waals surface area (Å²) in [6.07, 6.45) is 3.89. The van der Waals surface area contributed by atoms with E-state index in [0.29, 0.717) is 5.54 Å². The number of aryl methyl sites for hydroxylation is 1. The van der Waals surface area contributed by atoms with Crippen molar-refractivity contribution in [2.24, 2.45) is 0 Å². The van der Waals surface area contributed by atoms with Crippen molar-refractivity contribution < 1.29 is 0 Å². The molecule has 1 N–H and O–H groups in total. The summed E-state index contributed by atoms with van der Waals surface area (Å²) in [6.45, 7) is 13.8. The molecule has 3 heteroatoms. The SMILES string of the molecule is CCCNCc1cc(CN2CCCC2(C)C)c(C)s1. The number of nitrogens with zero attached hydrogens (tertiary/aromatic N) is 1. The minimum atomic E-state index is 0.384. The third kappa shape index (κ3) is 3.80. The fourth-order valence-corrected chi connectivity index (χ4v) is 3.91. The molecule has 0 atom stereocenters. The van der Waals surface area contributed by atoms with Crippen molar-refractivity contribution in [1.29, 1.82) is 0 Å². The Kier molecular flexibility index (Phi) is 5.04. The highest BCUT2D eigenvalue weighted by atomic mass is 32.1. The van der Waals surface area contributed by atoms with E-state index in [-0.39, 0.29) is 0 Å². The van der Waals surface area contributed by atoms with Crippen LogP contribution in [0, 0.1) is 6.92 Å². The lowest BCUT2D eigenvalue weighted by Gasteiger charge is -2.31. The van der Waals surface area contributed by atoms with E-state index in [0.717, 1.165) is 19.6 Å². The van der Waals surface area contributed by atoms with Gasteiger partial charge in [-0.15, -0.1) is 11.3 Å². The standard InChI is InChI=1S/C16H28N2S/c1-5-8-17-11-15-10-14(13(2)19-15)12-18-9-6-7-16(18,3)4/h10,17H,5-9,11-12H2,1-4H3. The Morgan fingerprint density at radius 1 is 1.42 bits per heavy atom. The van der Waals surface area contributed by atoms with Crippen molar-refractivity contribution in [2.45, 2.75) is 65.6 Å². The van der Waals surface area contributed by atoms with E-state index in [1.165, 1.54) is 41.1 Å². The number of likely N-dealkylation sites (tertiary alicyclic amines) is 1. The van der Waals surface area contributed by atoms with Crippen LogP contribution in [0.25, 0.3) is 0 Å². The zero-order chi connectivity index (χ0) is 13.9. The van der Waals surface area contributed by atoms with Gasteiger partial charge in [0.15, 0.2) is 0 Å². The molecule has 0 spiro atoms. The molecular weight excluding hydrogens is 252 g/mol. The highest BCUT2D eigenvalue weighted by Gasteiger charge is 2.31. The summed E-state index contributed by atoms with van der Waals surface area (Å²) in [7, 11) is 0. The molecule has 0 bridgehead atoms. The number of hydrogen-bond donors (Lipinski definition) is 1. The lowest BCUT2D eigenvalue weighted by atomic mass is 10.0. The highest BCUT2D eigenvalue weighted by molar-refractivity contribution is 7.12. The minimum absolute atomic E-state index is 0.384. The van der Waals surface area contributed by atoms with Crippen molar-refractivity contribution in [3.05, 3.63) is 21.4 Å². The summed E-state index contributed by atoms with van der Waals surface area (Å²) in [5.41, 5.74) is 1.92. The van der Waals surface area contributed by atoms with Gasteiger partial charge in [0.2, 0.25) is 0 Å². The zero-order valence-corrected chi connectivity index (χ0v) is 13.7. The normalized spacial score (nSPS) is 19.2. The summed E-state index contributed by atoms with van der Waals surface area (Å²) in [5, 5.41) is 3.50. The second-order valence-electron chi connectivity index (χ2n) is 6.31. The maximum absolute atomic E-state index is 3.50. The molecule has 0 amide bonds. The summed E-state index contributed by atoms with van der Waals surface area (Å²) in [4.78, 5) is 5.62. The van der Waals surface area contributed by atoms with Crippen molar-refractivity contribution in [1.82, 2.24) is 10.2 Å². The predicted molar refractivity (Wildman–Crippen MR) is 84.8 cm³/mol. The molecule has 1 aliphatic heterocycles. The van der Waals surface area contributed by atoms with E-state index in [2.05, 4.69) is 44.0 Å². The molecule has 1 aromatic heterocycles. The number of nitrogens with one attached hydrogen (secondary N) is 1. The first kappa shape index (κ1) is 15.0. The van der Waals surface area contributed by atoms with E-state index in [1.807, 2.05) is 11.3 Å². The van der Waals surface area contributed by atoms with E-state index in [1.54, 1.807) is 0 Å². The molecular formula is C16H28N2S. The topological polar surface area (TPSA) is 15.3 Å². The van der Waals surface area contributed by atoms with Crippen LogP contribution in [0.5, 0.6) is 0 Å². The maximum atomic E-state index is 3.50. The molecule has 2 nitrogen and oxygen atoms in total. The molecule has 1 saturated heterocycles. The Labute approximate surface area is 122 Å². The van der Waals surface area contributed by atoms with Crippen LogP contribution in [0.15, 0.2) is 6.07 Å². The molecule has 2 heterocycles. The molecule has 1 aliphatic rings. The van der Waals surface area contributed by atoms with Crippen LogP contribution in [0.3, 0.4) is 0 Å². The number of hydrogen-bond acceptors (Lipinski definition) is 3. The molecule has 0 saturated carbocycles. The lowest BCUT2D eigenvalue weighted by molar-refractivity contribution is 0.166. The van der Waals surface area contributed by atoms with Crippen molar-refractivity contribution in [2.75, 3.05) is 13.1 Å². The molecule has 1 fully saturated rings. The van der Waals surface area contributed by atoms with Crippen molar-refractivity contribution in [3.63, 3.8) is 0 Å². The maximum Gasteiger partial charge on any atom is 0.0299 e. The highest BCUT2D eigenvalue weighted by Crippen LogP contribution is 2.32. The van der Waals surface area contributed by atoms with Crippen LogP contribution in [0.1, 0.15) is 55.4 Å². The fourth-order valence-electron chi connectivity index (χ4n) is 2.88. The average Bonchev–Trinajstić information content (AvgIpc) is 2.84. The zero-order valence-electron chi connectivity index (χ0n) is 12.9. The second-order valence-corrected chi connectivity index (χ2v) is 7.65. The van der Waals surface area contributed by atoms with E-state index in [4.69, 9.17) is 0 Å². The van der Waals surface area contributed by atoms with E-state index < -0.39 is 0 Å². The van der Waals surface area contributed by atoms with Gasteiger partial charge in [-0.05, 0) is 64.8 Å². The molecule has 0 aliphatic carbocycles. The van der Waals surface area contributed by atoms with Gasteiger partial charge in [0.1, 0.15) is 0 Å². The van der Waals surface area contributed by atoms with Gasteiger partial charge < -0.3 is 5.32 Å². The summed E-state index contributed by atoms with van der Waals surface area (Å²) >= 11 is 1.96. The molecule has 0 aromatic carbocycles. The van der Waals surface area contributed by atoms with Gasteiger partial charge in [0.25, 0.3) is 0 Å². The molecule has 108 valence electrons. The third-order valence-electron chi connectivity index (χ3n) is 4.23. The van der Waals surface area contributed by atoms with Gasteiger partial charge >= 0.3 is 0 Å². The van der Waals surface area contributed by atoms with E-state index in [9.17, 15) is 0 Å². The van der Waals surface area contributed by atoms with Crippen LogP contribution in [-0.4, -0.2) is 23.5 Å². The van der Waals surface area contributed by atoms with Crippen LogP contribution in [-0.2, 0) is 13.1 Å². The first-order valence-electron chi connectivity index (χ1n) is 7.57. The van der Waals surface area contributed by atoms with Gasteiger partial charge in [0, 0.05) is 28.4 Å². The number of rotatable bonds is 6. The van der Waals surface area contributed by atoms with Gasteiger partial charge in [-0.3, -0.25) is 4.90 Å². The average molecular weight is 280 g/mol. The molecule has 1 aromatic rings. The fraction of sp³-hybridized carbons (Fsp3) is 0.750. The lowest BCUT2D eigenvalue weighted by Crippen LogP contribution is -2.37. The summed E-state index contributed by atoms with van der Waals surface area (Å²) in [6, 6.07) is 2.41. The third-order valence-corrected chi connectivity index (χ3v) is 5.32. The first-order chi connectivity index (χ1) is 9.03. The van der Waals surface area contributed by atoms with Crippen molar-refractivity contribution >= 4 is 11.3 Å². The largest absolute Gasteiger partial charge is 0.312 e. The van der Waals surface area contributed by atoms with Crippen LogP contribution < -0.4 is 5.32 Å². The number of thiophene rings is 1. The van der Waals surface area contributed by atoms with Gasteiger partial charge in [-0.1, -0.05) is 6.92 Å². The quantitative estimate of drug-likeness (QED) is 0.794. The predicted octanol–water partition coefficient (Wildman–Crippen LogP) is 3.93. The molecule has 2 rings (SSSR count). The Bertz CT molecular complexity index is 409.